The molecular weight excluding hydrogens is 242 g/mol. The zero-order valence-electron chi connectivity index (χ0n) is 10.7. The molecule has 94 valence electrons. The van der Waals surface area contributed by atoms with Crippen LogP contribution in [0.1, 0.15) is 26.4 Å². The molecule has 3 heteroatoms. The number of hydrogen-bond acceptors (Lipinski definition) is 2. The minimum absolute atomic E-state index is 0.0211. The van der Waals surface area contributed by atoms with E-state index < -0.39 is 0 Å². The zero-order chi connectivity index (χ0) is 13.0. The Morgan fingerprint density at radius 3 is 2.83 bits per heavy atom. The Morgan fingerprint density at radius 1 is 1.28 bits per heavy atom. The monoisotopic (exact) mass is 259 g/mol. The highest BCUT2D eigenvalue weighted by molar-refractivity contribution is 7.09. The van der Waals surface area contributed by atoms with Gasteiger partial charge in [-0.3, -0.25) is 4.79 Å². The maximum Gasteiger partial charge on any atom is 0.251 e. The summed E-state index contributed by atoms with van der Waals surface area (Å²) < 4.78 is 0. The van der Waals surface area contributed by atoms with Crippen LogP contribution in [0.3, 0.4) is 0 Å². The van der Waals surface area contributed by atoms with Gasteiger partial charge in [-0.05, 0) is 43.3 Å². The second-order valence-electron chi connectivity index (χ2n) is 4.40. The Bertz CT molecular complexity index is 531. The van der Waals surface area contributed by atoms with Crippen molar-refractivity contribution in [3.8, 4) is 0 Å². The SMILES string of the molecule is Cc1ccc(C)c(C(=O)NCCc2cccs2)c1. The third-order valence-electron chi connectivity index (χ3n) is 2.87. The molecule has 0 unspecified atom stereocenters. The van der Waals surface area contributed by atoms with E-state index in [0.717, 1.165) is 23.1 Å². The average Bonchev–Trinajstić information content (AvgIpc) is 2.85. The molecule has 0 saturated heterocycles. The predicted molar refractivity (Wildman–Crippen MR) is 76.3 cm³/mol. The molecule has 2 nitrogen and oxygen atoms in total. The molecule has 1 N–H and O–H groups in total. The average molecular weight is 259 g/mol. The van der Waals surface area contributed by atoms with E-state index in [1.165, 1.54) is 4.88 Å². The Hall–Kier alpha value is -1.61. The normalized spacial score (nSPS) is 10.3. The van der Waals surface area contributed by atoms with E-state index in [9.17, 15) is 4.79 Å². The Balaban J connectivity index is 1.93. The minimum Gasteiger partial charge on any atom is -0.352 e. The molecule has 18 heavy (non-hydrogen) atoms. The van der Waals surface area contributed by atoms with Crippen LogP contribution in [0.2, 0.25) is 0 Å². The van der Waals surface area contributed by atoms with Crippen molar-refractivity contribution in [3.63, 3.8) is 0 Å². The van der Waals surface area contributed by atoms with Gasteiger partial charge in [0.05, 0.1) is 0 Å². The molecule has 1 amide bonds. The van der Waals surface area contributed by atoms with Crippen LogP contribution in [0.5, 0.6) is 0 Å². The maximum atomic E-state index is 12.0. The number of hydrogen-bond donors (Lipinski definition) is 1. The smallest absolute Gasteiger partial charge is 0.251 e. The molecule has 0 aliphatic carbocycles. The van der Waals surface area contributed by atoms with Crippen molar-refractivity contribution in [1.82, 2.24) is 5.32 Å². The van der Waals surface area contributed by atoms with Crippen molar-refractivity contribution in [3.05, 3.63) is 57.3 Å². The summed E-state index contributed by atoms with van der Waals surface area (Å²) in [5.74, 6) is 0.0211. The molecule has 1 aromatic carbocycles. The van der Waals surface area contributed by atoms with E-state index in [2.05, 4.69) is 16.8 Å². The lowest BCUT2D eigenvalue weighted by atomic mass is 10.1. The van der Waals surface area contributed by atoms with Crippen molar-refractivity contribution in [1.29, 1.82) is 0 Å². The first-order valence-corrected chi connectivity index (χ1v) is 6.92. The highest BCUT2D eigenvalue weighted by Gasteiger charge is 2.08. The van der Waals surface area contributed by atoms with E-state index >= 15 is 0 Å². The maximum absolute atomic E-state index is 12.0. The number of rotatable bonds is 4. The third kappa shape index (κ3) is 3.20. The van der Waals surface area contributed by atoms with Crippen molar-refractivity contribution in [2.75, 3.05) is 6.54 Å². The molecule has 2 rings (SSSR count). The number of benzene rings is 1. The Morgan fingerprint density at radius 2 is 2.11 bits per heavy atom. The van der Waals surface area contributed by atoms with Crippen molar-refractivity contribution in [2.45, 2.75) is 20.3 Å². The number of carbonyl (C=O) groups is 1. The summed E-state index contributed by atoms with van der Waals surface area (Å²) in [7, 11) is 0. The van der Waals surface area contributed by atoms with Gasteiger partial charge < -0.3 is 5.32 Å². The molecule has 0 aliphatic rings. The molecule has 0 bridgehead atoms. The topological polar surface area (TPSA) is 29.1 Å². The summed E-state index contributed by atoms with van der Waals surface area (Å²) in [5.41, 5.74) is 2.92. The van der Waals surface area contributed by atoms with Gasteiger partial charge in [0.15, 0.2) is 0 Å². The summed E-state index contributed by atoms with van der Waals surface area (Å²) in [4.78, 5) is 13.3. The van der Waals surface area contributed by atoms with E-state index in [4.69, 9.17) is 0 Å². The number of thiophene rings is 1. The first-order chi connectivity index (χ1) is 8.66. The lowest BCUT2D eigenvalue weighted by molar-refractivity contribution is 0.0953. The summed E-state index contributed by atoms with van der Waals surface area (Å²) in [6, 6.07) is 10.1. The number of amides is 1. The lowest BCUT2D eigenvalue weighted by Crippen LogP contribution is -2.26. The van der Waals surface area contributed by atoms with Crippen molar-refractivity contribution in [2.24, 2.45) is 0 Å². The second-order valence-corrected chi connectivity index (χ2v) is 5.44. The third-order valence-corrected chi connectivity index (χ3v) is 3.81. The zero-order valence-corrected chi connectivity index (χ0v) is 11.5. The van der Waals surface area contributed by atoms with Gasteiger partial charge >= 0.3 is 0 Å². The van der Waals surface area contributed by atoms with Crippen LogP contribution in [0.4, 0.5) is 0 Å². The van der Waals surface area contributed by atoms with Crippen LogP contribution in [0.15, 0.2) is 35.7 Å². The molecule has 1 aromatic heterocycles. The van der Waals surface area contributed by atoms with Gasteiger partial charge in [0.2, 0.25) is 0 Å². The first kappa shape index (κ1) is 12.8. The van der Waals surface area contributed by atoms with Gasteiger partial charge in [-0.15, -0.1) is 11.3 Å². The van der Waals surface area contributed by atoms with Crippen LogP contribution >= 0.6 is 11.3 Å². The molecule has 0 radical (unpaired) electrons. The Kier molecular flexibility index (Phi) is 4.15. The molecule has 0 spiro atoms. The first-order valence-electron chi connectivity index (χ1n) is 6.04. The van der Waals surface area contributed by atoms with E-state index in [1.54, 1.807) is 11.3 Å². The van der Waals surface area contributed by atoms with Gasteiger partial charge in [-0.25, -0.2) is 0 Å². The quantitative estimate of drug-likeness (QED) is 0.896. The molecule has 0 aliphatic heterocycles. The van der Waals surface area contributed by atoms with Crippen molar-refractivity contribution < 1.29 is 4.79 Å². The van der Waals surface area contributed by atoms with Crippen LogP contribution < -0.4 is 5.32 Å². The van der Waals surface area contributed by atoms with E-state index in [1.807, 2.05) is 38.1 Å². The van der Waals surface area contributed by atoms with Crippen LogP contribution in [-0.4, -0.2) is 12.5 Å². The van der Waals surface area contributed by atoms with Crippen LogP contribution in [-0.2, 0) is 6.42 Å². The van der Waals surface area contributed by atoms with Crippen LogP contribution in [0, 0.1) is 13.8 Å². The molecule has 0 atom stereocenters. The van der Waals surface area contributed by atoms with Gasteiger partial charge in [0.25, 0.3) is 5.91 Å². The number of carbonyl (C=O) groups excluding carboxylic acids is 1. The standard InChI is InChI=1S/C15H17NOS/c1-11-5-6-12(2)14(10-11)15(17)16-8-7-13-4-3-9-18-13/h3-6,9-10H,7-8H2,1-2H3,(H,16,17). The Labute approximate surface area is 112 Å². The molecule has 0 fully saturated rings. The summed E-state index contributed by atoms with van der Waals surface area (Å²) in [6.45, 7) is 4.65. The fraction of sp³-hybridized carbons (Fsp3) is 0.267. The van der Waals surface area contributed by atoms with Gasteiger partial charge in [0.1, 0.15) is 0 Å². The lowest BCUT2D eigenvalue weighted by Gasteiger charge is -2.08. The predicted octanol–water partition coefficient (Wildman–Crippen LogP) is 3.34. The minimum atomic E-state index is 0.0211. The van der Waals surface area contributed by atoms with Crippen molar-refractivity contribution >= 4 is 17.2 Å². The summed E-state index contributed by atoms with van der Waals surface area (Å²) in [5, 5.41) is 5.03. The fourth-order valence-electron chi connectivity index (χ4n) is 1.83. The van der Waals surface area contributed by atoms with Crippen LogP contribution in [0.25, 0.3) is 0 Å². The molecular formula is C15H17NOS. The summed E-state index contributed by atoms with van der Waals surface area (Å²) >= 11 is 1.72. The van der Waals surface area contributed by atoms with Gasteiger partial charge in [0, 0.05) is 17.0 Å². The molecule has 2 aromatic rings. The largest absolute Gasteiger partial charge is 0.352 e. The highest BCUT2D eigenvalue weighted by Crippen LogP contribution is 2.11. The number of nitrogens with one attached hydrogen (secondary N) is 1. The highest BCUT2D eigenvalue weighted by atomic mass is 32.1. The second kappa shape index (κ2) is 5.83. The van der Waals surface area contributed by atoms with E-state index in [-0.39, 0.29) is 5.91 Å². The number of aryl methyl sites for hydroxylation is 2. The summed E-state index contributed by atoms with van der Waals surface area (Å²) in [6.07, 6.45) is 0.897. The molecule has 0 saturated carbocycles. The van der Waals surface area contributed by atoms with E-state index in [0.29, 0.717) is 6.54 Å². The van der Waals surface area contributed by atoms with Gasteiger partial charge in [-0.1, -0.05) is 23.8 Å². The van der Waals surface area contributed by atoms with Gasteiger partial charge in [-0.2, -0.15) is 0 Å². The molecule has 1 heterocycles. The fourth-order valence-corrected chi connectivity index (χ4v) is 2.54.